The minimum atomic E-state index is 0.163. The minimum Gasteiger partial charge on any atom is -0.295 e. The Morgan fingerprint density at radius 3 is 1.76 bits per heavy atom. The van der Waals surface area contributed by atoms with Gasteiger partial charge in [-0.2, -0.15) is 0 Å². The van der Waals surface area contributed by atoms with Crippen molar-refractivity contribution in [1.82, 2.24) is 0 Å². The maximum absolute atomic E-state index is 12.5. The van der Waals surface area contributed by atoms with E-state index in [9.17, 15) is 4.79 Å². The molecule has 0 aromatic heterocycles. The van der Waals surface area contributed by atoms with Crippen molar-refractivity contribution in [1.29, 1.82) is 0 Å². The molecule has 2 atom stereocenters. The van der Waals surface area contributed by atoms with Gasteiger partial charge >= 0.3 is 0 Å². The van der Waals surface area contributed by atoms with Gasteiger partial charge in [0, 0.05) is 18.3 Å². The Morgan fingerprint density at radius 2 is 1.16 bits per heavy atom. The highest BCUT2D eigenvalue weighted by molar-refractivity contribution is 6.01. The number of hydrogen-bond acceptors (Lipinski definition) is 1. The average Bonchev–Trinajstić information content (AvgIpc) is 2.69. The van der Waals surface area contributed by atoms with Gasteiger partial charge in [0.1, 0.15) is 0 Å². The number of ketones is 1. The first-order valence-electron chi connectivity index (χ1n) is 8.72. The summed E-state index contributed by atoms with van der Waals surface area (Å²) in [6.07, 6.45) is 2.41. The summed E-state index contributed by atoms with van der Waals surface area (Å²) in [5.74, 6) is 0.555. The second kappa shape index (κ2) is 6.90. The molecule has 1 aliphatic rings. The Balaban J connectivity index is 1.88. The first kappa shape index (κ1) is 15.6. The van der Waals surface area contributed by atoms with Crippen LogP contribution in [0.5, 0.6) is 0 Å². The molecule has 0 bridgehead atoms. The first-order valence-corrected chi connectivity index (χ1v) is 8.72. The third-order valence-electron chi connectivity index (χ3n) is 4.97. The molecule has 0 unspecified atom stereocenters. The Hall–Kier alpha value is -2.93. The lowest BCUT2D eigenvalue weighted by Crippen LogP contribution is -2.21. The van der Waals surface area contributed by atoms with E-state index in [2.05, 4.69) is 60.7 Å². The predicted octanol–water partition coefficient (Wildman–Crippen LogP) is 5.61. The van der Waals surface area contributed by atoms with Gasteiger partial charge in [-0.25, -0.2) is 0 Å². The van der Waals surface area contributed by atoms with Crippen LogP contribution in [0.15, 0.2) is 97.1 Å². The maximum atomic E-state index is 12.5. The molecular formula is C24H20O. The lowest BCUT2D eigenvalue weighted by Gasteiger charge is -2.33. The molecule has 0 N–H and O–H groups in total. The van der Waals surface area contributed by atoms with Gasteiger partial charge in [-0.1, -0.05) is 91.0 Å². The summed E-state index contributed by atoms with van der Waals surface area (Å²) < 4.78 is 0. The van der Waals surface area contributed by atoms with Gasteiger partial charge in [-0.15, -0.1) is 0 Å². The van der Waals surface area contributed by atoms with Crippen LogP contribution in [-0.4, -0.2) is 5.78 Å². The molecule has 0 heterocycles. The van der Waals surface area contributed by atoms with Crippen molar-refractivity contribution in [3.8, 4) is 0 Å². The fraction of sp³-hybridized carbons (Fsp3) is 0.125. The molecule has 0 aliphatic heterocycles. The summed E-state index contributed by atoms with van der Waals surface area (Å²) in [4.78, 5) is 12.5. The molecule has 0 fully saturated rings. The first-order chi connectivity index (χ1) is 12.3. The zero-order valence-electron chi connectivity index (χ0n) is 14.0. The summed E-state index contributed by atoms with van der Waals surface area (Å²) in [6, 6.07) is 31.3. The van der Waals surface area contributed by atoms with Crippen LogP contribution < -0.4 is 0 Å². The topological polar surface area (TPSA) is 17.1 Å². The smallest absolute Gasteiger partial charge is 0.156 e. The van der Waals surface area contributed by atoms with Gasteiger partial charge in [-0.05, 0) is 28.3 Å². The van der Waals surface area contributed by atoms with E-state index < -0.39 is 0 Å². The van der Waals surface area contributed by atoms with E-state index in [4.69, 9.17) is 0 Å². The highest BCUT2D eigenvalue weighted by Gasteiger charge is 2.34. The number of carbonyl (C=O) groups excluding carboxylic acids is 1. The SMILES string of the molecule is O=C1C=C(c2ccccc2)[C@@H](c2ccccc2)[C@H](c2ccccc2)C1. The molecule has 0 radical (unpaired) electrons. The highest BCUT2D eigenvalue weighted by Crippen LogP contribution is 2.47. The summed E-state index contributed by atoms with van der Waals surface area (Å²) in [7, 11) is 0. The van der Waals surface area contributed by atoms with Crippen molar-refractivity contribution in [3.63, 3.8) is 0 Å². The number of benzene rings is 3. The molecule has 1 nitrogen and oxygen atoms in total. The average molecular weight is 324 g/mol. The molecule has 0 amide bonds. The van der Waals surface area contributed by atoms with Crippen molar-refractivity contribution in [2.75, 3.05) is 0 Å². The lowest BCUT2D eigenvalue weighted by atomic mass is 9.69. The van der Waals surface area contributed by atoms with E-state index in [1.807, 2.05) is 36.4 Å². The van der Waals surface area contributed by atoms with Crippen LogP contribution in [0.1, 0.15) is 34.9 Å². The normalized spacial score (nSPS) is 20.2. The van der Waals surface area contributed by atoms with E-state index in [0.717, 1.165) is 11.1 Å². The van der Waals surface area contributed by atoms with Crippen molar-refractivity contribution < 1.29 is 4.79 Å². The molecule has 0 spiro atoms. The fourth-order valence-corrected chi connectivity index (χ4v) is 3.85. The Kier molecular flexibility index (Phi) is 4.30. The van der Waals surface area contributed by atoms with E-state index >= 15 is 0 Å². The van der Waals surface area contributed by atoms with Crippen LogP contribution in [0.4, 0.5) is 0 Å². The lowest BCUT2D eigenvalue weighted by molar-refractivity contribution is -0.115. The van der Waals surface area contributed by atoms with Gasteiger partial charge in [0.2, 0.25) is 0 Å². The number of carbonyl (C=O) groups is 1. The monoisotopic (exact) mass is 324 g/mol. The standard InChI is InChI=1S/C24H20O/c25-21-16-22(18-10-4-1-5-11-18)24(20-14-8-3-9-15-20)23(17-21)19-12-6-2-7-13-19/h1-16,23-24H,17H2/t23-,24+/m0/s1. The summed E-state index contributed by atoms with van der Waals surface area (Å²) in [6.45, 7) is 0. The van der Waals surface area contributed by atoms with E-state index in [-0.39, 0.29) is 17.6 Å². The molecule has 122 valence electrons. The summed E-state index contributed by atoms with van der Waals surface area (Å²) in [5, 5.41) is 0. The van der Waals surface area contributed by atoms with Gasteiger partial charge in [-0.3, -0.25) is 4.79 Å². The Labute approximate surface area is 148 Å². The molecule has 0 saturated carbocycles. The Morgan fingerprint density at radius 1 is 0.640 bits per heavy atom. The van der Waals surface area contributed by atoms with Gasteiger partial charge in [0.25, 0.3) is 0 Å². The van der Waals surface area contributed by atoms with Crippen molar-refractivity contribution in [3.05, 3.63) is 114 Å². The third kappa shape index (κ3) is 3.18. The van der Waals surface area contributed by atoms with Crippen molar-refractivity contribution in [2.24, 2.45) is 0 Å². The van der Waals surface area contributed by atoms with Crippen LogP contribution in [-0.2, 0) is 4.79 Å². The number of hydrogen-bond donors (Lipinski definition) is 0. The van der Waals surface area contributed by atoms with Crippen LogP contribution in [0.25, 0.3) is 5.57 Å². The zero-order valence-corrected chi connectivity index (χ0v) is 14.0. The summed E-state index contributed by atoms with van der Waals surface area (Å²) in [5.41, 5.74) is 4.74. The highest BCUT2D eigenvalue weighted by atomic mass is 16.1. The van der Waals surface area contributed by atoms with Crippen LogP contribution in [0.3, 0.4) is 0 Å². The largest absolute Gasteiger partial charge is 0.295 e. The molecule has 0 saturated heterocycles. The van der Waals surface area contributed by atoms with Crippen molar-refractivity contribution in [2.45, 2.75) is 18.3 Å². The molecule has 3 aromatic rings. The van der Waals surface area contributed by atoms with E-state index in [1.54, 1.807) is 0 Å². The predicted molar refractivity (Wildman–Crippen MR) is 102 cm³/mol. The quantitative estimate of drug-likeness (QED) is 0.612. The van der Waals surface area contributed by atoms with E-state index in [0.29, 0.717) is 6.42 Å². The second-order valence-corrected chi connectivity index (χ2v) is 6.54. The molecule has 4 rings (SSSR count). The van der Waals surface area contributed by atoms with Crippen molar-refractivity contribution >= 4 is 11.4 Å². The molecular weight excluding hydrogens is 304 g/mol. The molecule has 1 heteroatoms. The minimum absolute atomic E-state index is 0.163. The Bertz CT molecular complexity index is 879. The maximum Gasteiger partial charge on any atom is 0.156 e. The zero-order chi connectivity index (χ0) is 17.1. The molecule has 3 aromatic carbocycles. The van der Waals surface area contributed by atoms with Gasteiger partial charge in [0.15, 0.2) is 5.78 Å². The molecule has 1 aliphatic carbocycles. The molecule has 25 heavy (non-hydrogen) atoms. The van der Waals surface area contributed by atoms with Gasteiger partial charge in [0.05, 0.1) is 0 Å². The summed E-state index contributed by atoms with van der Waals surface area (Å²) >= 11 is 0. The van der Waals surface area contributed by atoms with Crippen LogP contribution >= 0.6 is 0 Å². The van der Waals surface area contributed by atoms with Gasteiger partial charge < -0.3 is 0 Å². The third-order valence-corrected chi connectivity index (χ3v) is 4.97. The van der Waals surface area contributed by atoms with Crippen LogP contribution in [0, 0.1) is 0 Å². The number of rotatable bonds is 3. The van der Waals surface area contributed by atoms with Crippen LogP contribution in [0.2, 0.25) is 0 Å². The number of allylic oxidation sites excluding steroid dienone is 2. The fourth-order valence-electron chi connectivity index (χ4n) is 3.85. The second-order valence-electron chi connectivity index (χ2n) is 6.54. The van der Waals surface area contributed by atoms with E-state index in [1.165, 1.54) is 11.1 Å².